The van der Waals surface area contributed by atoms with Crippen LogP contribution < -0.4 is 33.3 Å². The van der Waals surface area contributed by atoms with Crippen molar-refractivity contribution in [3.05, 3.63) is 82.6 Å². The monoisotopic (exact) mass is 598 g/mol. The van der Waals surface area contributed by atoms with Crippen molar-refractivity contribution in [2.75, 3.05) is 14.2 Å². The van der Waals surface area contributed by atoms with Crippen molar-refractivity contribution in [2.24, 2.45) is 7.05 Å². The number of hydrogen-bond acceptors (Lipinski definition) is 4. The van der Waals surface area contributed by atoms with Crippen molar-refractivity contribution in [1.82, 2.24) is 14.3 Å². The fourth-order valence-electron chi connectivity index (χ4n) is 4.20. The number of aryl methyl sites for hydroxylation is 3. The van der Waals surface area contributed by atoms with Gasteiger partial charge in [-0.1, -0.05) is 47.2 Å². The Labute approximate surface area is 225 Å². The molecule has 0 saturated heterocycles. The summed E-state index contributed by atoms with van der Waals surface area (Å²) in [5.74, 6) is 0.755. The zero-order chi connectivity index (χ0) is 24.0. The largest absolute Gasteiger partial charge is 1.00 e. The Balaban J connectivity index is 0.00000289. The number of fused-ring (bicyclic) bond motifs is 2. The van der Waals surface area contributed by atoms with E-state index in [0.717, 1.165) is 44.1 Å². The van der Waals surface area contributed by atoms with Crippen molar-refractivity contribution in [3.8, 4) is 17.0 Å². The SMILES string of the molecule is COc1ccc2c(c1)sc(C(=O)N(C)Cc1c(-c3ccc(C)cc3)nc3ccc(C)cn13)[n+]2C.[I-]. The Morgan fingerprint density at radius 1 is 1.09 bits per heavy atom. The van der Waals surface area contributed by atoms with Crippen molar-refractivity contribution in [2.45, 2.75) is 20.4 Å². The van der Waals surface area contributed by atoms with Gasteiger partial charge in [-0.05, 0) is 31.5 Å². The molecule has 0 N–H and O–H groups in total. The highest BCUT2D eigenvalue weighted by molar-refractivity contribution is 7.19. The fourth-order valence-corrected chi connectivity index (χ4v) is 5.37. The highest BCUT2D eigenvalue weighted by atomic mass is 127. The van der Waals surface area contributed by atoms with Crippen LogP contribution in [0.3, 0.4) is 0 Å². The standard InChI is InChI=1S/C27H27N4O2S.HI/c1-17-6-9-19(10-7-17)25-22(31-15-18(2)8-13-24(31)28-25)16-29(3)26(32)27-30(4)21-12-11-20(33-5)14-23(21)34-27;/h6-15H,16H2,1-5H3;1H/q+1;/p-1. The summed E-state index contributed by atoms with van der Waals surface area (Å²) in [6.07, 6.45) is 2.08. The van der Waals surface area contributed by atoms with E-state index in [0.29, 0.717) is 11.6 Å². The Bertz CT molecular complexity index is 1540. The average Bonchev–Trinajstić information content (AvgIpc) is 3.36. The van der Waals surface area contributed by atoms with Gasteiger partial charge in [0.15, 0.2) is 0 Å². The molecule has 0 unspecified atom stereocenters. The second-order valence-electron chi connectivity index (χ2n) is 8.67. The molecule has 0 saturated carbocycles. The van der Waals surface area contributed by atoms with Gasteiger partial charge in [-0.25, -0.2) is 4.98 Å². The maximum absolute atomic E-state index is 13.6. The molecule has 8 heteroatoms. The number of benzene rings is 2. The lowest BCUT2D eigenvalue weighted by atomic mass is 10.1. The summed E-state index contributed by atoms with van der Waals surface area (Å²) in [7, 11) is 5.43. The quantitative estimate of drug-likeness (QED) is 0.230. The fraction of sp³-hybridized carbons (Fsp3) is 0.222. The van der Waals surface area contributed by atoms with Gasteiger partial charge < -0.3 is 38.0 Å². The minimum absolute atomic E-state index is 0. The molecule has 0 aliphatic heterocycles. The third-order valence-electron chi connectivity index (χ3n) is 6.15. The molecule has 0 spiro atoms. The van der Waals surface area contributed by atoms with Gasteiger partial charge in [0.25, 0.3) is 0 Å². The molecule has 0 aliphatic carbocycles. The first-order valence-electron chi connectivity index (χ1n) is 11.1. The number of imidazole rings is 1. The zero-order valence-corrected chi connectivity index (χ0v) is 23.3. The van der Waals surface area contributed by atoms with Gasteiger partial charge in [0.2, 0.25) is 5.52 Å². The van der Waals surface area contributed by atoms with Crippen LogP contribution in [0.4, 0.5) is 0 Å². The van der Waals surface area contributed by atoms with E-state index in [9.17, 15) is 4.79 Å². The highest BCUT2D eigenvalue weighted by Gasteiger charge is 2.28. The van der Waals surface area contributed by atoms with E-state index in [1.54, 1.807) is 12.0 Å². The van der Waals surface area contributed by atoms with E-state index in [2.05, 4.69) is 54.8 Å². The number of carbonyl (C=O) groups is 1. The number of pyridine rings is 1. The number of thiazole rings is 1. The number of methoxy groups -OCH3 is 1. The lowest BCUT2D eigenvalue weighted by Gasteiger charge is -2.16. The number of ether oxygens (including phenoxy) is 1. The molecule has 3 heterocycles. The van der Waals surface area contributed by atoms with Crippen LogP contribution in [-0.2, 0) is 13.6 Å². The second-order valence-corrected chi connectivity index (χ2v) is 9.70. The average molecular weight is 599 g/mol. The van der Waals surface area contributed by atoms with Crippen LogP contribution in [0.25, 0.3) is 27.1 Å². The number of halogens is 1. The van der Waals surface area contributed by atoms with Crippen LogP contribution in [0.2, 0.25) is 0 Å². The van der Waals surface area contributed by atoms with Crippen LogP contribution in [-0.4, -0.2) is 34.3 Å². The molecule has 3 aromatic heterocycles. The number of nitrogens with zero attached hydrogens (tertiary/aromatic N) is 4. The van der Waals surface area contributed by atoms with E-state index >= 15 is 0 Å². The van der Waals surface area contributed by atoms with Gasteiger partial charge >= 0.3 is 10.9 Å². The third-order valence-corrected chi connectivity index (χ3v) is 7.34. The number of amides is 1. The van der Waals surface area contributed by atoms with Gasteiger partial charge in [0.1, 0.15) is 23.1 Å². The molecule has 180 valence electrons. The first kappa shape index (κ1) is 25.1. The van der Waals surface area contributed by atoms with Crippen LogP contribution in [0, 0.1) is 13.8 Å². The van der Waals surface area contributed by atoms with E-state index < -0.39 is 0 Å². The van der Waals surface area contributed by atoms with Gasteiger partial charge in [-0.2, -0.15) is 4.57 Å². The number of hydrogen-bond donors (Lipinski definition) is 0. The summed E-state index contributed by atoms with van der Waals surface area (Å²) < 4.78 is 10.4. The van der Waals surface area contributed by atoms with Crippen molar-refractivity contribution in [1.29, 1.82) is 0 Å². The van der Waals surface area contributed by atoms with Crippen LogP contribution >= 0.6 is 11.3 Å². The predicted octanol–water partition coefficient (Wildman–Crippen LogP) is 1.94. The van der Waals surface area contributed by atoms with E-state index in [4.69, 9.17) is 9.72 Å². The van der Waals surface area contributed by atoms with E-state index in [1.165, 1.54) is 16.9 Å². The molecule has 5 rings (SSSR count). The lowest BCUT2D eigenvalue weighted by Crippen LogP contribution is -3.00. The molecule has 0 bridgehead atoms. The van der Waals surface area contributed by atoms with Gasteiger partial charge in [-0.15, -0.1) is 0 Å². The Morgan fingerprint density at radius 3 is 2.51 bits per heavy atom. The van der Waals surface area contributed by atoms with Crippen molar-refractivity contribution in [3.63, 3.8) is 0 Å². The zero-order valence-electron chi connectivity index (χ0n) is 20.4. The molecule has 35 heavy (non-hydrogen) atoms. The second kappa shape index (κ2) is 9.94. The summed E-state index contributed by atoms with van der Waals surface area (Å²) in [6, 6.07) is 18.3. The Morgan fingerprint density at radius 2 is 1.80 bits per heavy atom. The number of rotatable bonds is 5. The number of carbonyl (C=O) groups excluding carboxylic acids is 1. The van der Waals surface area contributed by atoms with Gasteiger partial charge in [0.05, 0.1) is 25.0 Å². The number of aromatic nitrogens is 3. The summed E-state index contributed by atoms with van der Waals surface area (Å²) in [5, 5.41) is 0.674. The Hall–Kier alpha value is -2.98. The minimum atomic E-state index is -0.0277. The van der Waals surface area contributed by atoms with E-state index in [1.807, 2.05) is 42.9 Å². The first-order valence-corrected chi connectivity index (χ1v) is 11.9. The molecule has 0 atom stereocenters. The van der Waals surface area contributed by atoms with Crippen molar-refractivity contribution < 1.29 is 38.1 Å². The molecule has 0 fully saturated rings. The molecular weight excluding hydrogens is 571 g/mol. The molecule has 6 nitrogen and oxygen atoms in total. The van der Waals surface area contributed by atoms with Gasteiger partial charge in [0, 0.05) is 30.9 Å². The van der Waals surface area contributed by atoms with Gasteiger partial charge in [-0.3, -0.25) is 4.79 Å². The Kier molecular flexibility index (Phi) is 7.14. The smallest absolute Gasteiger partial charge is 0.330 e. The molecular formula is C27H27IN4O2S. The summed E-state index contributed by atoms with van der Waals surface area (Å²) in [6.45, 7) is 4.57. The molecule has 0 aliphatic rings. The van der Waals surface area contributed by atoms with Crippen LogP contribution in [0.15, 0.2) is 60.8 Å². The van der Waals surface area contributed by atoms with Crippen LogP contribution in [0.1, 0.15) is 26.6 Å². The molecule has 1 amide bonds. The summed E-state index contributed by atoms with van der Waals surface area (Å²) in [4.78, 5) is 20.3. The van der Waals surface area contributed by atoms with Crippen LogP contribution in [0.5, 0.6) is 5.75 Å². The highest BCUT2D eigenvalue weighted by Crippen LogP contribution is 2.28. The summed E-state index contributed by atoms with van der Waals surface area (Å²) in [5.41, 5.74) is 7.15. The lowest BCUT2D eigenvalue weighted by molar-refractivity contribution is -0.642. The maximum atomic E-state index is 13.6. The topological polar surface area (TPSA) is 50.7 Å². The third kappa shape index (κ3) is 4.64. The molecule has 2 aromatic carbocycles. The molecule has 5 aromatic rings. The first-order chi connectivity index (χ1) is 16.4. The maximum Gasteiger partial charge on any atom is 0.330 e. The van der Waals surface area contributed by atoms with E-state index in [-0.39, 0.29) is 29.9 Å². The predicted molar refractivity (Wildman–Crippen MR) is 135 cm³/mol. The summed E-state index contributed by atoms with van der Waals surface area (Å²) >= 11 is 1.48. The normalized spacial score (nSPS) is 11.0. The minimum Gasteiger partial charge on any atom is -1.00 e. The van der Waals surface area contributed by atoms with Crippen molar-refractivity contribution >= 4 is 33.1 Å². The molecule has 0 radical (unpaired) electrons.